The largest absolute Gasteiger partial charge is 0.493 e. The van der Waals surface area contributed by atoms with Crippen LogP contribution in [0.15, 0.2) is 58.9 Å². The second kappa shape index (κ2) is 12.8. The number of carbonyl (C=O) groups excluding carboxylic acids is 2. The lowest BCUT2D eigenvalue weighted by molar-refractivity contribution is -0.138. The smallest absolute Gasteiger partial charge is 0.336 e. The summed E-state index contributed by atoms with van der Waals surface area (Å²) in [6.45, 7) is 4.20. The molecule has 1 aliphatic heterocycles. The van der Waals surface area contributed by atoms with Crippen LogP contribution in [0.5, 0.6) is 17.2 Å². The molecule has 0 amide bonds. The fourth-order valence-electron chi connectivity index (χ4n) is 5.30. The Kier molecular flexibility index (Phi) is 9.51. The summed E-state index contributed by atoms with van der Waals surface area (Å²) in [6, 6.07) is 11.2. The maximum atomic E-state index is 13.9. The van der Waals surface area contributed by atoms with E-state index in [0.717, 1.165) is 17.0 Å². The van der Waals surface area contributed by atoms with Gasteiger partial charge in [-0.05, 0) is 60.4 Å². The lowest BCUT2D eigenvalue weighted by atomic mass is 9.71. The van der Waals surface area contributed by atoms with Crippen molar-refractivity contribution in [2.24, 2.45) is 0 Å². The summed E-state index contributed by atoms with van der Waals surface area (Å²) in [5.74, 6) is 1.83. The van der Waals surface area contributed by atoms with Crippen molar-refractivity contribution in [3.63, 3.8) is 0 Å². The summed E-state index contributed by atoms with van der Waals surface area (Å²) in [5.41, 5.74) is 4.17. The van der Waals surface area contributed by atoms with Gasteiger partial charge in [-0.15, -0.1) is 0 Å². The Morgan fingerprint density at radius 1 is 1.03 bits per heavy atom. The molecule has 1 aliphatic carbocycles. The number of dihydropyridines is 1. The number of hydrogen-bond donors (Lipinski definition) is 1. The third kappa shape index (κ3) is 6.07. The molecule has 7 nitrogen and oxygen atoms in total. The molecular formula is C30H34ClNO6S. The zero-order valence-electron chi connectivity index (χ0n) is 22.9. The Morgan fingerprint density at radius 3 is 2.28 bits per heavy atom. The number of nitrogens with one attached hydrogen (secondary N) is 1. The molecule has 0 saturated carbocycles. The number of halogens is 1. The normalized spacial score (nSPS) is 18.9. The van der Waals surface area contributed by atoms with E-state index in [1.807, 2.05) is 31.2 Å². The summed E-state index contributed by atoms with van der Waals surface area (Å²) in [6.07, 6.45) is 0.939. The molecule has 2 atom stereocenters. The van der Waals surface area contributed by atoms with Crippen molar-refractivity contribution in [1.82, 2.24) is 5.32 Å². The number of Topliss-reactive ketones (excluding diaryl/α,β-unsaturated/α-hetero) is 1. The number of carbonyl (C=O) groups is 2. The van der Waals surface area contributed by atoms with Crippen molar-refractivity contribution in [1.29, 1.82) is 0 Å². The molecule has 0 unspecified atom stereocenters. The molecule has 0 saturated heterocycles. The van der Waals surface area contributed by atoms with Crippen molar-refractivity contribution < 1.29 is 28.5 Å². The first-order chi connectivity index (χ1) is 18.8. The van der Waals surface area contributed by atoms with Crippen LogP contribution in [0.25, 0.3) is 0 Å². The van der Waals surface area contributed by atoms with Crippen molar-refractivity contribution in [3.05, 3.63) is 75.1 Å². The highest BCUT2D eigenvalue weighted by molar-refractivity contribution is 7.99. The second-order valence-electron chi connectivity index (χ2n) is 9.36. The van der Waals surface area contributed by atoms with Crippen LogP contribution < -0.4 is 19.5 Å². The highest BCUT2D eigenvalue weighted by Crippen LogP contribution is 2.49. The number of benzene rings is 2. The lowest BCUT2D eigenvalue weighted by Crippen LogP contribution is -2.36. The first-order valence-electron chi connectivity index (χ1n) is 12.9. The molecule has 0 aromatic heterocycles. The predicted molar refractivity (Wildman–Crippen MR) is 154 cm³/mol. The van der Waals surface area contributed by atoms with E-state index in [2.05, 4.69) is 12.2 Å². The first-order valence-corrected chi connectivity index (χ1v) is 14.4. The number of hydrogen-bond acceptors (Lipinski definition) is 8. The minimum Gasteiger partial charge on any atom is -0.493 e. The summed E-state index contributed by atoms with van der Waals surface area (Å²) in [7, 11) is 4.62. The van der Waals surface area contributed by atoms with Gasteiger partial charge in [0.1, 0.15) is 6.61 Å². The second-order valence-corrected chi connectivity index (χ2v) is 11.2. The maximum absolute atomic E-state index is 13.9. The van der Waals surface area contributed by atoms with Crippen LogP contribution >= 0.6 is 23.4 Å². The van der Waals surface area contributed by atoms with Gasteiger partial charge in [0.25, 0.3) is 0 Å². The SMILES string of the molecule is CCSCCOC(=O)C1=C(C)NC2=C(C(=O)C[C@@H](c3ccc(Cl)cc3)C2)[C@@H]1c1cc(OC)c(OC)c(OC)c1. The van der Waals surface area contributed by atoms with Crippen LogP contribution in [0.3, 0.4) is 0 Å². The molecule has 0 radical (unpaired) electrons. The quantitative estimate of drug-likeness (QED) is 0.274. The van der Waals surface area contributed by atoms with Crippen LogP contribution in [-0.2, 0) is 14.3 Å². The van der Waals surface area contributed by atoms with E-state index < -0.39 is 11.9 Å². The van der Waals surface area contributed by atoms with Crippen LogP contribution in [0, 0.1) is 0 Å². The highest BCUT2D eigenvalue weighted by atomic mass is 35.5. The molecule has 2 aliphatic rings. The van der Waals surface area contributed by atoms with Crippen LogP contribution in [0.2, 0.25) is 5.02 Å². The van der Waals surface area contributed by atoms with Gasteiger partial charge in [0.05, 0.1) is 26.9 Å². The number of rotatable bonds is 10. The molecule has 1 N–H and O–H groups in total. The van der Waals surface area contributed by atoms with Gasteiger partial charge in [-0.25, -0.2) is 4.79 Å². The average molecular weight is 572 g/mol. The van der Waals surface area contributed by atoms with Gasteiger partial charge in [-0.1, -0.05) is 30.7 Å². The van der Waals surface area contributed by atoms with E-state index in [1.54, 1.807) is 38.1 Å². The standard InChI is InChI=1S/C30H34ClNO6S/c1-6-39-12-11-38-30(34)26-17(2)32-22-13-19(18-7-9-21(31)10-8-18)14-23(33)28(22)27(26)20-15-24(35-3)29(37-5)25(16-20)36-4/h7-10,15-16,19,27,32H,6,11-14H2,1-5H3/t19-,27+/m0/s1. The minimum atomic E-state index is -0.653. The highest BCUT2D eigenvalue weighted by Gasteiger charge is 2.42. The number of ketones is 1. The molecule has 0 spiro atoms. The van der Waals surface area contributed by atoms with Crippen molar-refractivity contribution in [3.8, 4) is 17.2 Å². The zero-order chi connectivity index (χ0) is 28.1. The fraction of sp³-hybridized carbons (Fsp3) is 0.400. The Bertz CT molecular complexity index is 1280. The van der Waals surface area contributed by atoms with Gasteiger partial charge in [0.2, 0.25) is 5.75 Å². The van der Waals surface area contributed by atoms with Gasteiger partial charge >= 0.3 is 5.97 Å². The summed E-state index contributed by atoms with van der Waals surface area (Å²) >= 11 is 7.80. The first kappa shape index (κ1) is 28.9. The Labute approximate surface area is 238 Å². The molecule has 2 aromatic rings. The maximum Gasteiger partial charge on any atom is 0.336 e. The number of ether oxygens (including phenoxy) is 4. The third-order valence-electron chi connectivity index (χ3n) is 7.07. The van der Waals surface area contributed by atoms with E-state index in [9.17, 15) is 9.59 Å². The van der Waals surface area contributed by atoms with E-state index in [4.69, 9.17) is 30.5 Å². The Balaban J connectivity index is 1.81. The van der Waals surface area contributed by atoms with Gasteiger partial charge in [0, 0.05) is 40.1 Å². The third-order valence-corrected chi connectivity index (χ3v) is 8.19. The topological polar surface area (TPSA) is 83.1 Å². The van der Waals surface area contributed by atoms with Crippen molar-refractivity contribution in [2.45, 2.75) is 38.5 Å². The molecule has 208 valence electrons. The van der Waals surface area contributed by atoms with E-state index in [1.165, 1.54) is 7.11 Å². The molecule has 1 heterocycles. The summed E-state index contributed by atoms with van der Waals surface area (Å²) in [5, 5.41) is 4.04. The average Bonchev–Trinajstić information content (AvgIpc) is 2.93. The number of allylic oxidation sites excluding steroid dienone is 3. The van der Waals surface area contributed by atoms with Crippen molar-refractivity contribution in [2.75, 3.05) is 39.4 Å². The molecule has 2 aromatic carbocycles. The molecule has 9 heteroatoms. The number of thioether (sulfide) groups is 1. The molecular weight excluding hydrogens is 538 g/mol. The van der Waals surface area contributed by atoms with Gasteiger partial charge in [-0.2, -0.15) is 11.8 Å². The van der Waals surface area contributed by atoms with E-state index in [0.29, 0.717) is 63.3 Å². The van der Waals surface area contributed by atoms with Gasteiger partial charge < -0.3 is 24.3 Å². The monoisotopic (exact) mass is 571 g/mol. The van der Waals surface area contributed by atoms with Gasteiger partial charge in [0.15, 0.2) is 17.3 Å². The van der Waals surface area contributed by atoms with Crippen LogP contribution in [0.1, 0.15) is 49.7 Å². The fourth-order valence-corrected chi connectivity index (χ4v) is 5.91. The van der Waals surface area contributed by atoms with Crippen LogP contribution in [0.4, 0.5) is 0 Å². The predicted octanol–water partition coefficient (Wildman–Crippen LogP) is 6.02. The zero-order valence-corrected chi connectivity index (χ0v) is 24.5. The molecule has 4 rings (SSSR count). The van der Waals surface area contributed by atoms with E-state index in [-0.39, 0.29) is 18.3 Å². The minimum absolute atomic E-state index is 0.00558. The summed E-state index contributed by atoms with van der Waals surface area (Å²) < 4.78 is 22.4. The van der Waals surface area contributed by atoms with Crippen LogP contribution in [-0.4, -0.2) is 51.2 Å². The lowest BCUT2D eigenvalue weighted by Gasteiger charge is -2.37. The van der Waals surface area contributed by atoms with E-state index >= 15 is 0 Å². The number of methoxy groups -OCH3 is 3. The Hall–Kier alpha value is -3.10. The van der Waals surface area contributed by atoms with Crippen molar-refractivity contribution >= 4 is 35.1 Å². The summed E-state index contributed by atoms with van der Waals surface area (Å²) in [4.78, 5) is 27.4. The Morgan fingerprint density at radius 2 is 1.69 bits per heavy atom. The number of esters is 1. The molecule has 39 heavy (non-hydrogen) atoms. The molecule has 0 bridgehead atoms. The molecule has 0 fully saturated rings. The van der Waals surface area contributed by atoms with Gasteiger partial charge in [-0.3, -0.25) is 4.79 Å².